The number of furan rings is 1. The first kappa shape index (κ1) is 26.3. The normalized spacial score (nSPS) is 11.8. The minimum absolute atomic E-state index is 0.926. The van der Waals surface area contributed by atoms with Gasteiger partial charge in [0.25, 0.3) is 0 Å². The van der Waals surface area contributed by atoms with Gasteiger partial charge in [0.1, 0.15) is 11.2 Å². The standard InChI is InChI=1S/C44H27NOS/c1-3-12-28(13-4-1)32-17-9-20-35-36-21-10-18-33(42(36)46-41(32)35)29-24-26-30(27-25-29)34-19-11-22-38-40-44(47-43(34)38)37-16-7-8-23-39(37)45(40)31-14-5-2-6-15-31/h1-27H. The molecule has 0 fully saturated rings. The van der Waals surface area contributed by atoms with Crippen LogP contribution < -0.4 is 0 Å². The van der Waals surface area contributed by atoms with E-state index in [0.717, 1.165) is 44.2 Å². The van der Waals surface area contributed by atoms with Crippen LogP contribution in [0.15, 0.2) is 168 Å². The van der Waals surface area contributed by atoms with Crippen molar-refractivity contribution in [3.05, 3.63) is 164 Å². The van der Waals surface area contributed by atoms with Crippen molar-refractivity contribution in [1.82, 2.24) is 4.57 Å². The molecule has 0 saturated carbocycles. The molecule has 7 aromatic carbocycles. The van der Waals surface area contributed by atoms with Gasteiger partial charge in [-0.25, -0.2) is 0 Å². The summed E-state index contributed by atoms with van der Waals surface area (Å²) in [7, 11) is 0. The minimum atomic E-state index is 0.926. The second kappa shape index (κ2) is 10.3. The summed E-state index contributed by atoms with van der Waals surface area (Å²) in [5.41, 5.74) is 12.6. The first-order valence-electron chi connectivity index (χ1n) is 15.9. The zero-order valence-electron chi connectivity index (χ0n) is 25.4. The molecule has 0 spiro atoms. The lowest BCUT2D eigenvalue weighted by atomic mass is 9.98. The molecule has 0 atom stereocenters. The van der Waals surface area contributed by atoms with E-state index in [0.29, 0.717) is 0 Å². The first-order chi connectivity index (χ1) is 23.3. The monoisotopic (exact) mass is 617 g/mol. The SMILES string of the molecule is c1ccc(-c2cccc3c2oc2c(-c4ccc(-c5cccc6c5sc5c7ccccc7n(-c7ccccc7)c65)cc4)cccc23)cc1. The molecule has 0 radical (unpaired) electrons. The van der Waals surface area contributed by atoms with E-state index in [1.54, 1.807) is 0 Å². The minimum Gasteiger partial charge on any atom is -0.455 e. The van der Waals surface area contributed by atoms with Crippen LogP contribution in [0.25, 0.3) is 92.2 Å². The van der Waals surface area contributed by atoms with Crippen LogP contribution in [-0.2, 0) is 0 Å². The molecule has 0 aliphatic rings. The predicted molar refractivity (Wildman–Crippen MR) is 200 cm³/mol. The van der Waals surface area contributed by atoms with Gasteiger partial charge in [-0.3, -0.25) is 0 Å². The number of hydrogen-bond donors (Lipinski definition) is 0. The summed E-state index contributed by atoms with van der Waals surface area (Å²) in [5.74, 6) is 0. The Morgan fingerprint density at radius 2 is 0.894 bits per heavy atom. The van der Waals surface area contributed by atoms with Gasteiger partial charge in [-0.2, -0.15) is 0 Å². The van der Waals surface area contributed by atoms with E-state index in [1.165, 1.54) is 48.0 Å². The van der Waals surface area contributed by atoms with E-state index < -0.39 is 0 Å². The van der Waals surface area contributed by atoms with Crippen molar-refractivity contribution in [3.8, 4) is 39.1 Å². The third-order valence-electron chi connectivity index (χ3n) is 9.43. The summed E-state index contributed by atoms with van der Waals surface area (Å²) in [6.45, 7) is 0. The number of nitrogens with zero attached hydrogens (tertiary/aromatic N) is 1. The van der Waals surface area contributed by atoms with Crippen LogP contribution in [0.4, 0.5) is 0 Å². The lowest BCUT2D eigenvalue weighted by Gasteiger charge is -2.09. The van der Waals surface area contributed by atoms with Crippen molar-refractivity contribution in [1.29, 1.82) is 0 Å². The molecule has 0 amide bonds. The Morgan fingerprint density at radius 3 is 1.57 bits per heavy atom. The summed E-state index contributed by atoms with van der Waals surface area (Å²) in [4.78, 5) is 0. The van der Waals surface area contributed by atoms with Gasteiger partial charge in [-0.15, -0.1) is 11.3 Å². The Labute approximate surface area is 275 Å². The molecule has 220 valence electrons. The molecule has 3 heterocycles. The fraction of sp³-hybridized carbons (Fsp3) is 0. The second-order valence-corrected chi connectivity index (χ2v) is 13.1. The van der Waals surface area contributed by atoms with Crippen molar-refractivity contribution in [2.75, 3.05) is 0 Å². The van der Waals surface area contributed by atoms with Gasteiger partial charge in [0, 0.05) is 43.1 Å². The fourth-order valence-corrected chi connectivity index (χ4v) is 8.64. The molecule has 0 saturated heterocycles. The molecule has 10 aromatic rings. The first-order valence-corrected chi connectivity index (χ1v) is 16.8. The van der Waals surface area contributed by atoms with Crippen LogP contribution in [0.2, 0.25) is 0 Å². The number of aromatic nitrogens is 1. The molecule has 47 heavy (non-hydrogen) atoms. The molecule has 0 aliphatic heterocycles. The third-order valence-corrected chi connectivity index (χ3v) is 10.7. The average Bonchev–Trinajstić information content (AvgIpc) is 3.81. The van der Waals surface area contributed by atoms with Crippen molar-refractivity contribution in [3.63, 3.8) is 0 Å². The molecular weight excluding hydrogens is 591 g/mol. The number of hydrogen-bond acceptors (Lipinski definition) is 2. The highest BCUT2D eigenvalue weighted by molar-refractivity contribution is 7.27. The maximum atomic E-state index is 6.70. The summed E-state index contributed by atoms with van der Waals surface area (Å²) in [6, 6.07) is 58.6. The molecule has 10 rings (SSSR count). The summed E-state index contributed by atoms with van der Waals surface area (Å²) >= 11 is 1.90. The lowest BCUT2D eigenvalue weighted by Crippen LogP contribution is -1.92. The summed E-state index contributed by atoms with van der Waals surface area (Å²) in [5, 5.41) is 4.86. The smallest absolute Gasteiger partial charge is 0.143 e. The maximum absolute atomic E-state index is 6.70. The molecular formula is C44H27NOS. The van der Waals surface area contributed by atoms with Crippen LogP contribution in [0.1, 0.15) is 0 Å². The van der Waals surface area contributed by atoms with Gasteiger partial charge >= 0.3 is 0 Å². The molecule has 3 heteroatoms. The number of fused-ring (bicyclic) bond motifs is 8. The van der Waals surface area contributed by atoms with Gasteiger partial charge in [-0.1, -0.05) is 146 Å². The number of benzene rings is 7. The second-order valence-electron chi connectivity index (χ2n) is 12.1. The highest BCUT2D eigenvalue weighted by atomic mass is 32.1. The van der Waals surface area contributed by atoms with Crippen molar-refractivity contribution < 1.29 is 4.42 Å². The Morgan fingerprint density at radius 1 is 0.383 bits per heavy atom. The molecule has 3 aromatic heterocycles. The van der Waals surface area contributed by atoms with E-state index >= 15 is 0 Å². The Hall–Kier alpha value is -5.90. The van der Waals surface area contributed by atoms with Crippen LogP contribution >= 0.6 is 11.3 Å². The quantitative estimate of drug-likeness (QED) is 0.192. The van der Waals surface area contributed by atoms with Crippen molar-refractivity contribution in [2.45, 2.75) is 0 Å². The number of thiophene rings is 1. The molecule has 0 bridgehead atoms. The maximum Gasteiger partial charge on any atom is 0.143 e. The fourth-order valence-electron chi connectivity index (χ4n) is 7.29. The van der Waals surface area contributed by atoms with Gasteiger partial charge in [0.05, 0.1) is 15.7 Å². The van der Waals surface area contributed by atoms with E-state index in [4.69, 9.17) is 4.42 Å². The Balaban J connectivity index is 1.11. The largest absolute Gasteiger partial charge is 0.455 e. The number of para-hydroxylation sites is 4. The molecule has 0 aliphatic carbocycles. The highest BCUT2D eigenvalue weighted by Crippen LogP contribution is 2.46. The Kier molecular flexibility index (Phi) is 5.78. The zero-order chi connectivity index (χ0) is 30.9. The zero-order valence-corrected chi connectivity index (χ0v) is 26.2. The van der Waals surface area contributed by atoms with Crippen molar-refractivity contribution in [2.24, 2.45) is 0 Å². The van der Waals surface area contributed by atoms with Crippen LogP contribution in [0.5, 0.6) is 0 Å². The molecule has 2 nitrogen and oxygen atoms in total. The predicted octanol–water partition coefficient (Wildman–Crippen LogP) is 12.9. The van der Waals surface area contributed by atoms with E-state index in [9.17, 15) is 0 Å². The Bertz CT molecular complexity index is 2770. The van der Waals surface area contributed by atoms with Gasteiger partial charge in [-0.05, 0) is 40.5 Å². The van der Waals surface area contributed by atoms with Crippen LogP contribution in [-0.4, -0.2) is 4.57 Å². The van der Waals surface area contributed by atoms with E-state index in [-0.39, 0.29) is 0 Å². The van der Waals surface area contributed by atoms with E-state index in [2.05, 4.69) is 162 Å². The number of rotatable bonds is 4. The average molecular weight is 618 g/mol. The summed E-state index contributed by atoms with van der Waals surface area (Å²) in [6.07, 6.45) is 0. The van der Waals surface area contributed by atoms with Crippen molar-refractivity contribution >= 4 is 64.5 Å². The summed E-state index contributed by atoms with van der Waals surface area (Å²) < 4.78 is 11.8. The van der Waals surface area contributed by atoms with Gasteiger partial charge in [0.15, 0.2) is 0 Å². The van der Waals surface area contributed by atoms with Gasteiger partial charge < -0.3 is 8.98 Å². The van der Waals surface area contributed by atoms with Crippen LogP contribution in [0, 0.1) is 0 Å². The lowest BCUT2D eigenvalue weighted by molar-refractivity contribution is 0.671. The molecule has 0 unspecified atom stereocenters. The third kappa shape index (κ3) is 3.97. The molecule has 0 N–H and O–H groups in total. The van der Waals surface area contributed by atoms with Gasteiger partial charge in [0.2, 0.25) is 0 Å². The van der Waals surface area contributed by atoms with Crippen LogP contribution in [0.3, 0.4) is 0 Å². The van der Waals surface area contributed by atoms with E-state index in [1.807, 2.05) is 17.4 Å². The highest BCUT2D eigenvalue weighted by Gasteiger charge is 2.20. The topological polar surface area (TPSA) is 18.1 Å².